The number of rotatable bonds is 3. The minimum Gasteiger partial charge on any atom is -0.481 e. The van der Waals surface area contributed by atoms with E-state index in [1.54, 1.807) is 19.1 Å². The van der Waals surface area contributed by atoms with Crippen LogP contribution in [0.1, 0.15) is 18.4 Å². The molecule has 0 fully saturated rings. The maximum absolute atomic E-state index is 11.1. The summed E-state index contributed by atoms with van der Waals surface area (Å²) in [5.74, 6) is -1.35. The Morgan fingerprint density at radius 2 is 1.72 bits per heavy atom. The van der Waals surface area contributed by atoms with Crippen LogP contribution in [-0.4, -0.2) is 11.1 Å². The summed E-state index contributed by atoms with van der Waals surface area (Å²) < 4.78 is 0. The van der Waals surface area contributed by atoms with Gasteiger partial charge in [-0.25, -0.2) is 0 Å². The third kappa shape index (κ3) is 2.54. The van der Waals surface area contributed by atoms with Gasteiger partial charge in [0, 0.05) is 5.02 Å². The zero-order valence-electron chi connectivity index (χ0n) is 9.93. The van der Waals surface area contributed by atoms with Gasteiger partial charge in [0.25, 0.3) is 0 Å². The van der Waals surface area contributed by atoms with Gasteiger partial charge in [-0.15, -0.1) is 0 Å². The van der Waals surface area contributed by atoms with Crippen LogP contribution in [0.3, 0.4) is 0 Å². The summed E-state index contributed by atoms with van der Waals surface area (Å²) in [4.78, 5) is 11.1. The van der Waals surface area contributed by atoms with Gasteiger partial charge in [-0.3, -0.25) is 4.79 Å². The first-order valence-corrected chi connectivity index (χ1v) is 6.05. The molecule has 1 atom stereocenters. The fourth-order valence-electron chi connectivity index (χ4n) is 1.90. The third-order valence-electron chi connectivity index (χ3n) is 2.95. The van der Waals surface area contributed by atoms with Crippen molar-refractivity contribution in [1.29, 1.82) is 0 Å². The normalized spacial score (nSPS) is 12.1. The van der Waals surface area contributed by atoms with E-state index in [2.05, 4.69) is 0 Å². The summed E-state index contributed by atoms with van der Waals surface area (Å²) in [5.41, 5.74) is 2.72. The van der Waals surface area contributed by atoms with Crippen molar-refractivity contribution in [3.8, 4) is 11.1 Å². The highest BCUT2D eigenvalue weighted by Gasteiger charge is 2.17. The molecule has 0 heterocycles. The molecule has 18 heavy (non-hydrogen) atoms. The predicted molar refractivity (Wildman–Crippen MR) is 72.9 cm³/mol. The highest BCUT2D eigenvalue weighted by atomic mass is 35.5. The monoisotopic (exact) mass is 260 g/mol. The number of carboxylic acids is 1. The number of carboxylic acid groups (broad SMARTS) is 1. The molecule has 92 valence electrons. The van der Waals surface area contributed by atoms with Gasteiger partial charge in [0.15, 0.2) is 0 Å². The van der Waals surface area contributed by atoms with Crippen molar-refractivity contribution < 1.29 is 9.90 Å². The van der Waals surface area contributed by atoms with Gasteiger partial charge in [0.05, 0.1) is 5.92 Å². The molecule has 0 bridgehead atoms. The first-order valence-electron chi connectivity index (χ1n) is 5.67. The quantitative estimate of drug-likeness (QED) is 0.898. The van der Waals surface area contributed by atoms with E-state index in [1.807, 2.05) is 36.4 Å². The maximum Gasteiger partial charge on any atom is 0.310 e. The van der Waals surface area contributed by atoms with Crippen molar-refractivity contribution in [3.05, 3.63) is 59.1 Å². The van der Waals surface area contributed by atoms with Crippen LogP contribution < -0.4 is 0 Å². The molecule has 0 saturated heterocycles. The van der Waals surface area contributed by atoms with E-state index < -0.39 is 11.9 Å². The highest BCUT2D eigenvalue weighted by Crippen LogP contribution is 2.30. The molecule has 0 saturated carbocycles. The van der Waals surface area contributed by atoms with Crippen molar-refractivity contribution in [1.82, 2.24) is 0 Å². The van der Waals surface area contributed by atoms with E-state index >= 15 is 0 Å². The van der Waals surface area contributed by atoms with Crippen LogP contribution in [0.2, 0.25) is 5.02 Å². The number of carbonyl (C=O) groups is 1. The average Bonchev–Trinajstić information content (AvgIpc) is 2.39. The van der Waals surface area contributed by atoms with E-state index in [9.17, 15) is 4.79 Å². The Bertz CT molecular complexity index is 561. The first kappa shape index (κ1) is 12.7. The molecule has 1 N–H and O–H groups in total. The van der Waals surface area contributed by atoms with Crippen LogP contribution in [0.15, 0.2) is 48.5 Å². The van der Waals surface area contributed by atoms with Gasteiger partial charge < -0.3 is 5.11 Å². The molecule has 0 aliphatic rings. The molecular formula is C15H13ClO2. The molecule has 2 aromatic carbocycles. The fourth-order valence-corrected chi connectivity index (χ4v) is 2.03. The van der Waals surface area contributed by atoms with Crippen molar-refractivity contribution in [2.75, 3.05) is 0 Å². The van der Waals surface area contributed by atoms with Gasteiger partial charge in [0.2, 0.25) is 0 Å². The average molecular weight is 261 g/mol. The Balaban J connectivity index is 2.51. The molecule has 1 unspecified atom stereocenters. The molecule has 0 aromatic heterocycles. The highest BCUT2D eigenvalue weighted by molar-refractivity contribution is 6.30. The smallest absolute Gasteiger partial charge is 0.310 e. The van der Waals surface area contributed by atoms with Crippen LogP contribution in [0.4, 0.5) is 0 Å². The van der Waals surface area contributed by atoms with E-state index in [4.69, 9.17) is 16.7 Å². The summed E-state index contributed by atoms with van der Waals surface area (Å²) in [6.07, 6.45) is 0. The molecular weight excluding hydrogens is 248 g/mol. The summed E-state index contributed by atoms with van der Waals surface area (Å²) in [5, 5.41) is 9.80. The number of halogens is 1. The van der Waals surface area contributed by atoms with Crippen molar-refractivity contribution in [2.24, 2.45) is 0 Å². The Hall–Kier alpha value is -1.80. The second-order valence-electron chi connectivity index (χ2n) is 4.15. The lowest BCUT2D eigenvalue weighted by Crippen LogP contribution is -2.08. The lowest BCUT2D eigenvalue weighted by Gasteiger charge is -2.13. The van der Waals surface area contributed by atoms with Gasteiger partial charge in [0.1, 0.15) is 0 Å². The molecule has 2 rings (SSSR count). The van der Waals surface area contributed by atoms with Gasteiger partial charge >= 0.3 is 5.97 Å². The fraction of sp³-hybridized carbons (Fsp3) is 0.133. The zero-order chi connectivity index (χ0) is 13.1. The predicted octanol–water partition coefficient (Wildman–Crippen LogP) is 4.20. The van der Waals surface area contributed by atoms with Crippen molar-refractivity contribution in [2.45, 2.75) is 12.8 Å². The second-order valence-corrected chi connectivity index (χ2v) is 4.59. The zero-order valence-corrected chi connectivity index (χ0v) is 10.7. The van der Waals surface area contributed by atoms with E-state index in [0.29, 0.717) is 5.02 Å². The largest absolute Gasteiger partial charge is 0.481 e. The second kappa shape index (κ2) is 5.23. The Morgan fingerprint density at radius 1 is 1.11 bits per heavy atom. The maximum atomic E-state index is 11.1. The van der Waals surface area contributed by atoms with Crippen LogP contribution in [0.25, 0.3) is 11.1 Å². The van der Waals surface area contributed by atoms with E-state index in [0.717, 1.165) is 16.7 Å². The van der Waals surface area contributed by atoms with E-state index in [1.165, 1.54) is 0 Å². The van der Waals surface area contributed by atoms with Gasteiger partial charge in [-0.05, 0) is 35.7 Å². The van der Waals surface area contributed by atoms with Crippen LogP contribution in [0.5, 0.6) is 0 Å². The minimum atomic E-state index is -0.823. The summed E-state index contributed by atoms with van der Waals surface area (Å²) in [6.45, 7) is 1.69. The summed E-state index contributed by atoms with van der Waals surface area (Å²) in [7, 11) is 0. The minimum absolute atomic E-state index is 0.531. The Morgan fingerprint density at radius 3 is 2.33 bits per heavy atom. The number of benzene rings is 2. The SMILES string of the molecule is CC(C(=O)O)c1ccccc1-c1ccc(Cl)cc1. The lowest BCUT2D eigenvalue weighted by molar-refractivity contribution is -0.138. The molecule has 0 radical (unpaired) electrons. The van der Waals surface area contributed by atoms with Crippen molar-refractivity contribution in [3.63, 3.8) is 0 Å². The molecule has 3 heteroatoms. The molecule has 2 nitrogen and oxygen atoms in total. The molecule has 0 amide bonds. The first-order chi connectivity index (χ1) is 8.59. The van der Waals surface area contributed by atoms with Gasteiger partial charge in [-0.2, -0.15) is 0 Å². The molecule has 0 aliphatic carbocycles. The molecule has 2 aromatic rings. The third-order valence-corrected chi connectivity index (χ3v) is 3.20. The number of hydrogen-bond donors (Lipinski definition) is 1. The summed E-state index contributed by atoms with van der Waals surface area (Å²) in [6, 6.07) is 14.9. The standard InChI is InChI=1S/C15H13ClO2/c1-10(15(17)18)13-4-2-3-5-14(13)11-6-8-12(16)9-7-11/h2-10H,1H3,(H,17,18). The number of aliphatic carboxylic acids is 1. The van der Waals surface area contributed by atoms with Gasteiger partial charge in [-0.1, -0.05) is 48.0 Å². The Labute approximate surface area is 111 Å². The lowest BCUT2D eigenvalue weighted by atomic mass is 9.92. The molecule has 0 spiro atoms. The number of hydrogen-bond acceptors (Lipinski definition) is 1. The Kier molecular flexibility index (Phi) is 3.68. The summed E-state index contributed by atoms with van der Waals surface area (Å²) >= 11 is 5.86. The topological polar surface area (TPSA) is 37.3 Å². The van der Waals surface area contributed by atoms with Crippen molar-refractivity contribution >= 4 is 17.6 Å². The van der Waals surface area contributed by atoms with Crippen LogP contribution in [0, 0.1) is 0 Å². The van der Waals surface area contributed by atoms with Crippen LogP contribution >= 0.6 is 11.6 Å². The van der Waals surface area contributed by atoms with E-state index in [-0.39, 0.29) is 0 Å². The molecule has 0 aliphatic heterocycles. The van der Waals surface area contributed by atoms with Crippen LogP contribution in [-0.2, 0) is 4.79 Å².